The highest BCUT2D eigenvalue weighted by molar-refractivity contribution is 6.32. The molecule has 2 heterocycles. The van der Waals surface area contributed by atoms with E-state index in [1.807, 2.05) is 13.8 Å². The van der Waals surface area contributed by atoms with Gasteiger partial charge in [0.05, 0.1) is 28.3 Å². The van der Waals surface area contributed by atoms with Crippen LogP contribution in [0.25, 0.3) is 5.69 Å². The van der Waals surface area contributed by atoms with Gasteiger partial charge in [-0.1, -0.05) is 25.4 Å². The molecule has 10 heteroatoms. The van der Waals surface area contributed by atoms with Crippen molar-refractivity contribution < 1.29 is 22.4 Å². The molecule has 0 spiro atoms. The molecule has 0 fully saturated rings. The van der Waals surface area contributed by atoms with E-state index in [-0.39, 0.29) is 29.6 Å². The zero-order valence-electron chi connectivity index (χ0n) is 17.3. The second-order valence-corrected chi connectivity index (χ2v) is 7.99. The van der Waals surface area contributed by atoms with Gasteiger partial charge in [-0.3, -0.25) is 9.48 Å². The Morgan fingerprint density at radius 3 is 2.29 bits per heavy atom. The van der Waals surface area contributed by atoms with Gasteiger partial charge in [0.15, 0.2) is 11.5 Å². The Labute approximate surface area is 181 Å². The van der Waals surface area contributed by atoms with E-state index < -0.39 is 22.9 Å². The van der Waals surface area contributed by atoms with Crippen LogP contribution in [0.1, 0.15) is 55.4 Å². The molecule has 0 aliphatic rings. The summed E-state index contributed by atoms with van der Waals surface area (Å²) in [5.41, 5.74) is 0.905. The predicted octanol–water partition coefficient (Wildman–Crippen LogP) is 5.68. The van der Waals surface area contributed by atoms with Crippen LogP contribution in [0.15, 0.2) is 30.5 Å². The van der Waals surface area contributed by atoms with E-state index in [9.17, 15) is 22.4 Å². The van der Waals surface area contributed by atoms with Crippen LogP contribution in [0, 0.1) is 12.7 Å². The van der Waals surface area contributed by atoms with Gasteiger partial charge >= 0.3 is 6.18 Å². The highest BCUT2D eigenvalue weighted by Crippen LogP contribution is 2.36. The number of Topliss-reactive ketones (excluding diaryl/α,β-unsaturated/α-hetero) is 1. The van der Waals surface area contributed by atoms with E-state index in [0.717, 1.165) is 10.4 Å². The maximum Gasteiger partial charge on any atom is 0.436 e. The molecule has 0 aliphatic heterocycles. The first kappa shape index (κ1) is 23.0. The van der Waals surface area contributed by atoms with Crippen molar-refractivity contribution in [2.24, 2.45) is 0 Å². The molecule has 0 aliphatic carbocycles. The molecule has 3 rings (SSSR count). The molecule has 3 aromatic rings. The molecule has 0 saturated carbocycles. The molecule has 166 valence electrons. The number of nitrogens with zero attached hydrogens (tertiary/aromatic N) is 4. The number of rotatable bonds is 6. The molecule has 0 amide bonds. The van der Waals surface area contributed by atoms with Crippen molar-refractivity contribution in [3.8, 4) is 5.69 Å². The van der Waals surface area contributed by atoms with Crippen molar-refractivity contribution in [1.82, 2.24) is 19.6 Å². The summed E-state index contributed by atoms with van der Waals surface area (Å²) in [7, 11) is 0. The van der Waals surface area contributed by atoms with Gasteiger partial charge in [0.2, 0.25) is 0 Å². The van der Waals surface area contributed by atoms with Gasteiger partial charge in [-0.15, -0.1) is 0 Å². The van der Waals surface area contributed by atoms with E-state index in [2.05, 4.69) is 10.2 Å². The van der Waals surface area contributed by atoms with E-state index in [0.29, 0.717) is 11.3 Å². The number of halogens is 5. The van der Waals surface area contributed by atoms with Gasteiger partial charge < -0.3 is 0 Å². The zero-order valence-corrected chi connectivity index (χ0v) is 18.1. The molecule has 0 saturated heterocycles. The summed E-state index contributed by atoms with van der Waals surface area (Å²) >= 11 is 5.80. The number of hydrogen-bond donors (Lipinski definition) is 0. The van der Waals surface area contributed by atoms with Crippen molar-refractivity contribution in [3.63, 3.8) is 0 Å². The van der Waals surface area contributed by atoms with Crippen LogP contribution in [0.5, 0.6) is 0 Å². The lowest BCUT2D eigenvalue weighted by atomic mass is 9.99. The van der Waals surface area contributed by atoms with Crippen molar-refractivity contribution in [2.45, 2.75) is 52.3 Å². The number of carbonyl (C=O) groups is 1. The van der Waals surface area contributed by atoms with E-state index in [1.54, 1.807) is 23.0 Å². The average Bonchev–Trinajstić information content (AvgIpc) is 3.23. The van der Waals surface area contributed by atoms with Crippen molar-refractivity contribution in [1.29, 1.82) is 0 Å². The quantitative estimate of drug-likeness (QED) is 0.448. The first-order chi connectivity index (χ1) is 14.4. The number of aromatic nitrogens is 4. The molecule has 0 radical (unpaired) electrons. The first-order valence-corrected chi connectivity index (χ1v) is 9.96. The van der Waals surface area contributed by atoms with Crippen LogP contribution in [0.2, 0.25) is 5.02 Å². The minimum atomic E-state index is -4.71. The standard InChI is InChI=1S/C21H21ClF4N4O/c1-11(2)19-14(10-27-30(19)16-7-5-15(23)6-8-16)9-17(31)12(3)29-13(4)18(22)20(28-29)21(24,25)26/h5-8,10-12H,9H2,1-4H3. The fourth-order valence-electron chi connectivity index (χ4n) is 3.46. The molecular weight excluding hydrogens is 436 g/mol. The maximum atomic E-state index is 13.3. The van der Waals surface area contributed by atoms with E-state index in [4.69, 9.17) is 11.6 Å². The van der Waals surface area contributed by atoms with Crippen molar-refractivity contribution in [2.75, 3.05) is 0 Å². The Hall–Kier alpha value is -2.68. The molecule has 1 unspecified atom stereocenters. The fourth-order valence-corrected chi connectivity index (χ4v) is 3.69. The Morgan fingerprint density at radius 2 is 1.77 bits per heavy atom. The smallest absolute Gasteiger partial charge is 0.297 e. The number of ketones is 1. The zero-order chi connectivity index (χ0) is 23.1. The van der Waals surface area contributed by atoms with Crippen molar-refractivity contribution >= 4 is 17.4 Å². The normalized spacial score (nSPS) is 13.1. The Kier molecular flexibility index (Phi) is 6.27. The molecule has 31 heavy (non-hydrogen) atoms. The summed E-state index contributed by atoms with van der Waals surface area (Å²) in [5.74, 6) is -0.724. The molecule has 2 aromatic heterocycles. The lowest BCUT2D eigenvalue weighted by Crippen LogP contribution is -2.22. The van der Waals surface area contributed by atoms with Crippen LogP contribution < -0.4 is 0 Å². The average molecular weight is 457 g/mol. The fraction of sp³-hybridized carbons (Fsp3) is 0.381. The topological polar surface area (TPSA) is 52.7 Å². The maximum absolute atomic E-state index is 13.3. The summed E-state index contributed by atoms with van der Waals surface area (Å²) in [5, 5.41) is 7.37. The van der Waals surface area contributed by atoms with Gasteiger partial charge in [0.1, 0.15) is 11.9 Å². The van der Waals surface area contributed by atoms with Gasteiger partial charge in [-0.25, -0.2) is 9.07 Å². The molecule has 5 nitrogen and oxygen atoms in total. The summed E-state index contributed by atoms with van der Waals surface area (Å²) in [6.45, 7) is 6.74. The van der Waals surface area contributed by atoms with Crippen LogP contribution in [-0.2, 0) is 17.4 Å². The monoisotopic (exact) mass is 456 g/mol. The Bertz CT molecular complexity index is 1100. The number of benzene rings is 1. The number of alkyl halides is 3. The second-order valence-electron chi connectivity index (χ2n) is 7.61. The second kappa shape index (κ2) is 8.45. The molecule has 0 bridgehead atoms. The van der Waals surface area contributed by atoms with Gasteiger partial charge in [0.25, 0.3) is 0 Å². The Morgan fingerprint density at radius 1 is 1.16 bits per heavy atom. The molecule has 0 N–H and O–H groups in total. The molecule has 1 atom stereocenters. The lowest BCUT2D eigenvalue weighted by Gasteiger charge is -2.15. The van der Waals surface area contributed by atoms with Gasteiger partial charge in [0, 0.05) is 12.0 Å². The minimum Gasteiger partial charge on any atom is -0.297 e. The van der Waals surface area contributed by atoms with Crippen LogP contribution in [0.3, 0.4) is 0 Å². The van der Waals surface area contributed by atoms with Crippen LogP contribution >= 0.6 is 11.6 Å². The van der Waals surface area contributed by atoms with Gasteiger partial charge in [-0.2, -0.15) is 23.4 Å². The molecule has 1 aromatic carbocycles. The third-order valence-corrected chi connectivity index (χ3v) is 5.50. The highest BCUT2D eigenvalue weighted by Gasteiger charge is 2.39. The highest BCUT2D eigenvalue weighted by atomic mass is 35.5. The summed E-state index contributed by atoms with van der Waals surface area (Å²) in [6, 6.07) is 4.84. The molecular formula is C21H21ClF4N4O. The summed E-state index contributed by atoms with van der Waals surface area (Å²) < 4.78 is 55.2. The predicted molar refractivity (Wildman–Crippen MR) is 108 cm³/mol. The van der Waals surface area contributed by atoms with E-state index in [1.165, 1.54) is 26.0 Å². The summed E-state index contributed by atoms with van der Waals surface area (Å²) in [6.07, 6.45) is -3.21. The van der Waals surface area contributed by atoms with Crippen molar-refractivity contribution in [3.05, 3.63) is 63.9 Å². The van der Waals surface area contributed by atoms with Crippen LogP contribution in [-0.4, -0.2) is 25.3 Å². The first-order valence-electron chi connectivity index (χ1n) is 9.59. The third kappa shape index (κ3) is 4.51. The largest absolute Gasteiger partial charge is 0.436 e. The van der Waals surface area contributed by atoms with Gasteiger partial charge in [-0.05, 0) is 44.0 Å². The number of hydrogen-bond acceptors (Lipinski definition) is 3. The van der Waals surface area contributed by atoms with Crippen LogP contribution in [0.4, 0.5) is 17.6 Å². The Balaban J connectivity index is 1.91. The SMILES string of the molecule is Cc1c(Cl)c(C(F)(F)F)nn1C(C)C(=O)Cc1cnn(-c2ccc(F)cc2)c1C(C)C. The summed E-state index contributed by atoms with van der Waals surface area (Å²) in [4.78, 5) is 12.9. The van der Waals surface area contributed by atoms with E-state index >= 15 is 0 Å². The third-order valence-electron chi connectivity index (χ3n) is 5.05. The number of carbonyl (C=O) groups excluding carboxylic acids is 1. The minimum absolute atomic E-state index is 0.0108. The lowest BCUT2D eigenvalue weighted by molar-refractivity contribution is -0.141.